The molecule has 1 rings (SSSR count). The van der Waals surface area contributed by atoms with Crippen LogP contribution in [0.25, 0.3) is 0 Å². The van der Waals surface area contributed by atoms with Crippen molar-refractivity contribution in [1.82, 2.24) is 5.32 Å². The molecule has 0 radical (unpaired) electrons. The maximum absolute atomic E-state index is 12.7. The minimum atomic E-state index is -0.850. The Balaban J connectivity index is 2.70. The average Bonchev–Trinajstić information content (AvgIpc) is 2.79. The first-order chi connectivity index (χ1) is 15.8. The summed E-state index contributed by atoms with van der Waals surface area (Å²) in [6, 6.07) is 1.33. The van der Waals surface area contributed by atoms with E-state index in [2.05, 4.69) is 17.0 Å². The highest BCUT2D eigenvalue weighted by Gasteiger charge is 2.21. The maximum Gasteiger partial charge on any atom is 0.410 e. The molecule has 33 heavy (non-hydrogen) atoms. The molecular weight excluding hydrogens is 422 g/mol. The smallest absolute Gasteiger partial charge is 0.410 e. The van der Waals surface area contributed by atoms with E-state index >= 15 is 0 Å². The molecule has 7 nitrogen and oxygen atoms in total. The fraction of sp³-hybridized carbons (Fsp3) is 0.500. The number of hydrogen-bond donors (Lipinski definition) is 2. The first kappa shape index (κ1) is 27.9. The molecule has 1 atom stereocenters. The number of hydrogen-bond acceptors (Lipinski definition) is 6. The molecule has 0 aliphatic heterocycles. The van der Waals surface area contributed by atoms with E-state index in [9.17, 15) is 19.5 Å². The fourth-order valence-electron chi connectivity index (χ4n) is 3.16. The molecule has 1 unspecified atom stereocenters. The van der Waals surface area contributed by atoms with Crippen LogP contribution < -0.4 is 10.9 Å². The molecule has 1 heterocycles. The van der Waals surface area contributed by atoms with Gasteiger partial charge in [-0.05, 0) is 38.2 Å². The summed E-state index contributed by atoms with van der Waals surface area (Å²) in [5.41, 5.74) is -0.851. The fourth-order valence-corrected chi connectivity index (χ4v) is 3.16. The van der Waals surface area contributed by atoms with Crippen LogP contribution in [-0.4, -0.2) is 24.1 Å². The Kier molecular flexibility index (Phi) is 13.3. The van der Waals surface area contributed by atoms with Crippen LogP contribution in [0.5, 0.6) is 5.75 Å². The second kappa shape index (κ2) is 15.7. The minimum Gasteiger partial charge on any atom is -0.507 e. The highest BCUT2D eigenvalue weighted by Crippen LogP contribution is 2.25. The van der Waals surface area contributed by atoms with Crippen LogP contribution in [-0.2, 0) is 4.74 Å². The van der Waals surface area contributed by atoms with Gasteiger partial charge in [0.25, 0.3) is 0 Å². The van der Waals surface area contributed by atoms with Gasteiger partial charge < -0.3 is 14.3 Å². The van der Waals surface area contributed by atoms with E-state index in [4.69, 9.17) is 4.42 Å². The van der Waals surface area contributed by atoms with Gasteiger partial charge in [-0.1, -0.05) is 63.8 Å². The number of nitrogens with one attached hydrogen (secondary N) is 1. The molecule has 1 amide bonds. The molecule has 0 aromatic carbocycles. The zero-order valence-corrected chi connectivity index (χ0v) is 20.2. The number of aromatic hydroxyl groups is 1. The summed E-state index contributed by atoms with van der Waals surface area (Å²) < 4.78 is 9.78. The number of Topliss-reactive ketones (excluding diaryl/α,β-unsaturated/α-hetero) is 1. The molecule has 0 spiro atoms. The van der Waals surface area contributed by atoms with E-state index < -0.39 is 17.5 Å². The third kappa shape index (κ3) is 10.4. The summed E-state index contributed by atoms with van der Waals surface area (Å²) in [6.07, 6.45) is 16.3. The quantitative estimate of drug-likeness (QED) is 0.150. The number of amides is 1. The highest BCUT2D eigenvalue weighted by molar-refractivity contribution is 6.09. The number of rotatable bonds is 14. The lowest BCUT2D eigenvalue weighted by atomic mass is 10.00. The van der Waals surface area contributed by atoms with Crippen LogP contribution in [0, 0.1) is 0 Å². The third-order valence-corrected chi connectivity index (χ3v) is 5.25. The highest BCUT2D eigenvalue weighted by atomic mass is 16.5. The van der Waals surface area contributed by atoms with Crippen molar-refractivity contribution in [3.05, 3.63) is 63.9 Å². The Morgan fingerprint density at radius 3 is 2.58 bits per heavy atom. The Hall–Kier alpha value is -3.09. The summed E-state index contributed by atoms with van der Waals surface area (Å²) >= 11 is 0. The van der Waals surface area contributed by atoms with Crippen molar-refractivity contribution in [2.24, 2.45) is 0 Å². The number of unbranched alkanes of at least 4 members (excludes halogenated alkanes) is 5. The van der Waals surface area contributed by atoms with E-state index in [1.54, 1.807) is 19.1 Å². The summed E-state index contributed by atoms with van der Waals surface area (Å²) in [5.74, 6) is -0.807. The van der Waals surface area contributed by atoms with Crippen LogP contribution in [0.3, 0.4) is 0 Å². The molecular formula is C26H37NO6. The topological polar surface area (TPSA) is 106 Å². The van der Waals surface area contributed by atoms with Crippen molar-refractivity contribution in [3.8, 4) is 5.75 Å². The van der Waals surface area contributed by atoms with Gasteiger partial charge in [-0.3, -0.25) is 10.1 Å². The standard InChI is InChI=1S/C26H37NO6/c1-5-6-7-8-9-10-11-12-16-20(3)24(29)23-21(28)18-22(33-25(23)30)19(2)15-13-14-17-27-26(31)32-4/h11-12,14,16-19,28H,5-10,13,15H2,1-4H3,(H,27,31)/b12-11+,17-14+,20-16+. The molecule has 0 bridgehead atoms. The number of methoxy groups -OCH3 is 1. The third-order valence-electron chi connectivity index (χ3n) is 5.25. The van der Waals surface area contributed by atoms with E-state index in [-0.39, 0.29) is 17.2 Å². The second-order valence-electron chi connectivity index (χ2n) is 8.02. The Labute approximate surface area is 196 Å². The van der Waals surface area contributed by atoms with Crippen LogP contribution >= 0.6 is 0 Å². The van der Waals surface area contributed by atoms with Gasteiger partial charge in [0.15, 0.2) is 5.78 Å². The number of ketones is 1. The number of allylic oxidation sites excluding steroid dienone is 5. The number of ether oxygens (including phenoxy) is 1. The maximum atomic E-state index is 12.7. The molecule has 0 saturated carbocycles. The van der Waals surface area contributed by atoms with Gasteiger partial charge in [0.2, 0.25) is 0 Å². The Bertz CT molecular complexity index is 910. The van der Waals surface area contributed by atoms with Crippen molar-refractivity contribution in [2.75, 3.05) is 7.11 Å². The monoisotopic (exact) mass is 459 g/mol. The van der Waals surface area contributed by atoms with Crippen LogP contribution in [0.15, 0.2) is 51.4 Å². The van der Waals surface area contributed by atoms with Crippen LogP contribution in [0.1, 0.15) is 94.2 Å². The zero-order valence-electron chi connectivity index (χ0n) is 20.2. The summed E-state index contributed by atoms with van der Waals surface area (Å²) in [5, 5.41) is 12.8. The first-order valence-electron chi connectivity index (χ1n) is 11.6. The number of carbonyl (C=O) groups is 2. The first-order valence-corrected chi connectivity index (χ1v) is 11.6. The molecule has 7 heteroatoms. The predicted molar refractivity (Wildman–Crippen MR) is 130 cm³/mol. The lowest BCUT2D eigenvalue weighted by molar-refractivity contribution is 0.102. The van der Waals surface area contributed by atoms with Gasteiger partial charge in [0.1, 0.15) is 17.1 Å². The largest absolute Gasteiger partial charge is 0.507 e. The minimum absolute atomic E-state index is 0.174. The second-order valence-corrected chi connectivity index (χ2v) is 8.02. The molecule has 0 aliphatic carbocycles. The Morgan fingerprint density at radius 2 is 1.91 bits per heavy atom. The van der Waals surface area contributed by atoms with Gasteiger partial charge in [-0.25, -0.2) is 9.59 Å². The van der Waals surface area contributed by atoms with Crippen molar-refractivity contribution in [1.29, 1.82) is 0 Å². The van der Waals surface area contributed by atoms with Gasteiger partial charge in [-0.2, -0.15) is 0 Å². The van der Waals surface area contributed by atoms with E-state index in [1.165, 1.54) is 45.1 Å². The van der Waals surface area contributed by atoms with Crippen molar-refractivity contribution < 1.29 is 23.8 Å². The molecule has 1 aromatic heterocycles. The molecule has 0 saturated heterocycles. The lowest BCUT2D eigenvalue weighted by Gasteiger charge is -2.11. The van der Waals surface area contributed by atoms with E-state index in [1.807, 2.05) is 19.1 Å². The SMILES string of the molecule is CCCCCCC/C=C/C=C(\C)C(=O)c1c(O)cc(C(C)CC/C=C/NC(=O)OC)oc1=O. The molecule has 2 N–H and O–H groups in total. The van der Waals surface area contributed by atoms with Crippen molar-refractivity contribution in [3.63, 3.8) is 0 Å². The number of carbonyl (C=O) groups excluding carboxylic acids is 2. The molecule has 1 aromatic rings. The van der Waals surface area contributed by atoms with Gasteiger partial charge in [0, 0.05) is 18.2 Å². The van der Waals surface area contributed by atoms with Gasteiger partial charge in [0.05, 0.1) is 7.11 Å². The summed E-state index contributed by atoms with van der Waals surface area (Å²) in [6.45, 7) is 5.64. The van der Waals surface area contributed by atoms with Gasteiger partial charge >= 0.3 is 11.7 Å². The van der Waals surface area contributed by atoms with Crippen LogP contribution in [0.2, 0.25) is 0 Å². The van der Waals surface area contributed by atoms with E-state index in [0.29, 0.717) is 24.2 Å². The Morgan fingerprint density at radius 1 is 1.18 bits per heavy atom. The van der Waals surface area contributed by atoms with E-state index in [0.717, 1.165) is 12.8 Å². The zero-order chi connectivity index (χ0) is 24.6. The molecule has 0 aliphatic rings. The van der Waals surface area contributed by atoms with Crippen molar-refractivity contribution >= 4 is 11.9 Å². The van der Waals surface area contributed by atoms with Gasteiger partial charge in [-0.15, -0.1) is 0 Å². The number of alkyl carbamates (subject to hydrolysis) is 1. The average molecular weight is 460 g/mol. The normalized spacial score (nSPS) is 12.9. The predicted octanol–water partition coefficient (Wildman–Crippen LogP) is 6.14. The summed E-state index contributed by atoms with van der Waals surface area (Å²) in [7, 11) is 1.28. The lowest BCUT2D eigenvalue weighted by Crippen LogP contribution is -2.16. The van der Waals surface area contributed by atoms with Crippen molar-refractivity contribution in [2.45, 2.75) is 78.1 Å². The summed E-state index contributed by atoms with van der Waals surface area (Å²) in [4.78, 5) is 36.1. The molecule has 0 fully saturated rings. The molecule has 182 valence electrons. The van der Waals surface area contributed by atoms with Crippen LogP contribution in [0.4, 0.5) is 4.79 Å².